The average Bonchev–Trinajstić information content (AvgIpc) is 2.74. The molecule has 0 aliphatic carbocycles. The number of benzene rings is 2. The molecule has 0 fully saturated rings. The van der Waals surface area contributed by atoms with Crippen LogP contribution in [0.2, 0.25) is 0 Å². The molecule has 0 saturated carbocycles. The monoisotopic (exact) mass is 424 g/mol. The van der Waals surface area contributed by atoms with Crippen molar-refractivity contribution < 1.29 is 23.9 Å². The molecule has 0 radical (unpaired) electrons. The number of carbonyl (C=O) groups is 3. The topological polar surface area (TPSA) is 93.7 Å². The van der Waals surface area contributed by atoms with Gasteiger partial charge in [-0.05, 0) is 31.1 Å². The number of carbonyl (C=O) groups excluding carboxylic acids is 3. The Labute approximate surface area is 182 Å². The highest BCUT2D eigenvalue weighted by Crippen LogP contribution is 2.32. The van der Waals surface area contributed by atoms with Gasteiger partial charge in [-0.25, -0.2) is 4.79 Å². The van der Waals surface area contributed by atoms with Gasteiger partial charge in [0.2, 0.25) is 11.8 Å². The van der Waals surface area contributed by atoms with Crippen LogP contribution in [0.1, 0.15) is 48.2 Å². The van der Waals surface area contributed by atoms with Crippen molar-refractivity contribution in [3.63, 3.8) is 0 Å². The Bertz CT molecular complexity index is 965. The predicted octanol–water partition coefficient (Wildman–Crippen LogP) is 4.57. The summed E-state index contributed by atoms with van der Waals surface area (Å²) < 4.78 is 10.6. The first kappa shape index (κ1) is 23.7. The minimum absolute atomic E-state index is 0.158. The van der Waals surface area contributed by atoms with Crippen LogP contribution in [0.25, 0.3) is 6.08 Å². The van der Waals surface area contributed by atoms with Gasteiger partial charge in [-0.1, -0.05) is 43.2 Å². The van der Waals surface area contributed by atoms with E-state index in [1.807, 2.05) is 38.1 Å². The van der Waals surface area contributed by atoms with Gasteiger partial charge in [0.25, 0.3) is 0 Å². The largest absolute Gasteiger partial charge is 0.493 e. The first-order chi connectivity index (χ1) is 14.8. The molecule has 0 aromatic heterocycles. The second kappa shape index (κ2) is 11.5. The second-order valence-corrected chi connectivity index (χ2v) is 7.00. The molecular weight excluding hydrogens is 396 g/mol. The molecule has 0 bridgehead atoms. The zero-order valence-electron chi connectivity index (χ0n) is 18.3. The number of anilines is 2. The summed E-state index contributed by atoms with van der Waals surface area (Å²) in [7, 11) is 1.27. The minimum atomic E-state index is -0.605. The fourth-order valence-electron chi connectivity index (χ4n) is 2.72. The zero-order chi connectivity index (χ0) is 22.8. The van der Waals surface area contributed by atoms with Crippen molar-refractivity contribution in [2.75, 3.05) is 24.4 Å². The van der Waals surface area contributed by atoms with Gasteiger partial charge in [0.1, 0.15) is 11.3 Å². The van der Waals surface area contributed by atoms with Gasteiger partial charge < -0.3 is 20.1 Å². The van der Waals surface area contributed by atoms with E-state index in [0.29, 0.717) is 12.3 Å². The van der Waals surface area contributed by atoms with Crippen molar-refractivity contribution in [3.05, 3.63) is 59.2 Å². The molecule has 2 N–H and O–H groups in total. The van der Waals surface area contributed by atoms with Crippen molar-refractivity contribution in [1.29, 1.82) is 0 Å². The molecule has 164 valence electrons. The van der Waals surface area contributed by atoms with Crippen molar-refractivity contribution in [2.24, 2.45) is 0 Å². The van der Waals surface area contributed by atoms with Crippen LogP contribution in [0.3, 0.4) is 0 Å². The van der Waals surface area contributed by atoms with Gasteiger partial charge in [0, 0.05) is 19.1 Å². The fourth-order valence-corrected chi connectivity index (χ4v) is 2.72. The number of hydrogen-bond donors (Lipinski definition) is 2. The Balaban J connectivity index is 2.33. The third-order valence-corrected chi connectivity index (χ3v) is 4.35. The maximum Gasteiger partial charge on any atom is 0.341 e. The number of rotatable bonds is 9. The summed E-state index contributed by atoms with van der Waals surface area (Å²) in [5.74, 6) is -1.07. The maximum atomic E-state index is 12.5. The highest BCUT2D eigenvalue weighted by Gasteiger charge is 2.19. The Morgan fingerprint density at radius 2 is 1.71 bits per heavy atom. The number of esters is 1. The summed E-state index contributed by atoms with van der Waals surface area (Å²) in [5, 5.41) is 5.37. The van der Waals surface area contributed by atoms with Gasteiger partial charge in [-0.3, -0.25) is 9.59 Å². The SMILES string of the molecule is CCCCOc1cc(NC(C)=O)c(NC(=O)C=Cc2ccc(C)cc2)cc1C(=O)OC. The molecule has 0 saturated heterocycles. The van der Waals surface area contributed by atoms with Gasteiger partial charge in [0.15, 0.2) is 0 Å². The van der Waals surface area contributed by atoms with Crippen molar-refractivity contribution in [1.82, 2.24) is 0 Å². The van der Waals surface area contributed by atoms with Crippen molar-refractivity contribution in [3.8, 4) is 5.75 Å². The quantitative estimate of drug-likeness (QED) is 0.349. The summed E-state index contributed by atoms with van der Waals surface area (Å²) in [6, 6.07) is 10.7. The molecule has 0 aliphatic rings. The number of nitrogens with one attached hydrogen (secondary N) is 2. The smallest absolute Gasteiger partial charge is 0.341 e. The zero-order valence-corrected chi connectivity index (χ0v) is 18.3. The third-order valence-electron chi connectivity index (χ3n) is 4.35. The van der Waals surface area contributed by atoms with Crippen LogP contribution in [0.5, 0.6) is 5.75 Å². The van der Waals surface area contributed by atoms with E-state index in [1.54, 1.807) is 6.08 Å². The van der Waals surface area contributed by atoms with Crippen molar-refractivity contribution >= 4 is 35.2 Å². The number of ether oxygens (including phenoxy) is 2. The van der Waals surface area contributed by atoms with E-state index in [4.69, 9.17) is 9.47 Å². The van der Waals surface area contributed by atoms with E-state index in [-0.39, 0.29) is 22.9 Å². The van der Waals surface area contributed by atoms with E-state index in [0.717, 1.165) is 24.0 Å². The van der Waals surface area contributed by atoms with Crippen LogP contribution in [0.4, 0.5) is 11.4 Å². The highest BCUT2D eigenvalue weighted by atomic mass is 16.5. The Kier molecular flexibility index (Phi) is 8.81. The first-order valence-corrected chi connectivity index (χ1v) is 10.1. The molecular formula is C24H28N2O5. The van der Waals surface area contributed by atoms with E-state index in [2.05, 4.69) is 10.6 Å². The van der Waals surface area contributed by atoms with Crippen LogP contribution < -0.4 is 15.4 Å². The molecule has 2 aromatic rings. The maximum absolute atomic E-state index is 12.5. The lowest BCUT2D eigenvalue weighted by atomic mass is 10.1. The summed E-state index contributed by atoms with van der Waals surface area (Å²) in [6.07, 6.45) is 4.79. The first-order valence-electron chi connectivity index (χ1n) is 10.1. The van der Waals surface area contributed by atoms with Gasteiger partial charge in [-0.15, -0.1) is 0 Å². The van der Waals surface area contributed by atoms with Gasteiger partial charge in [0.05, 0.1) is 25.1 Å². The molecule has 0 heterocycles. The summed E-state index contributed by atoms with van der Waals surface area (Å²) >= 11 is 0. The van der Waals surface area contributed by atoms with Crippen LogP contribution >= 0.6 is 0 Å². The Morgan fingerprint density at radius 3 is 2.32 bits per heavy atom. The predicted molar refractivity (Wildman–Crippen MR) is 121 cm³/mol. The van der Waals surface area contributed by atoms with Gasteiger partial charge >= 0.3 is 5.97 Å². The molecule has 0 unspecified atom stereocenters. The highest BCUT2D eigenvalue weighted by molar-refractivity contribution is 6.07. The number of aryl methyl sites for hydroxylation is 1. The summed E-state index contributed by atoms with van der Waals surface area (Å²) in [4.78, 5) is 36.4. The summed E-state index contributed by atoms with van der Waals surface area (Å²) in [6.45, 7) is 5.77. The molecule has 0 aliphatic heterocycles. The third kappa shape index (κ3) is 7.29. The number of hydrogen-bond acceptors (Lipinski definition) is 5. The minimum Gasteiger partial charge on any atom is -0.493 e. The van der Waals surface area contributed by atoms with Crippen LogP contribution in [-0.4, -0.2) is 31.5 Å². The molecule has 2 aromatic carbocycles. The van der Waals surface area contributed by atoms with Gasteiger partial charge in [-0.2, -0.15) is 0 Å². The van der Waals surface area contributed by atoms with E-state index in [9.17, 15) is 14.4 Å². The fraction of sp³-hybridized carbons (Fsp3) is 0.292. The standard InChI is InChI=1S/C24H28N2O5/c1-5-6-13-31-22-15-21(25-17(3)27)20(14-19(22)24(29)30-4)26-23(28)12-11-18-9-7-16(2)8-10-18/h7-12,14-15H,5-6,13H2,1-4H3,(H,25,27)(H,26,28). The molecule has 7 heteroatoms. The Hall–Kier alpha value is -3.61. The molecule has 0 spiro atoms. The van der Waals surface area contributed by atoms with Crippen LogP contribution in [-0.2, 0) is 14.3 Å². The molecule has 2 rings (SSSR count). The Morgan fingerprint density at radius 1 is 1.03 bits per heavy atom. The lowest BCUT2D eigenvalue weighted by molar-refractivity contribution is -0.114. The van der Waals surface area contributed by atoms with Crippen LogP contribution in [0.15, 0.2) is 42.5 Å². The number of unbranched alkanes of at least 4 members (excludes halogenated alkanes) is 1. The number of methoxy groups -OCH3 is 1. The number of amides is 2. The van der Waals surface area contributed by atoms with E-state index in [1.165, 1.54) is 32.2 Å². The molecule has 2 amide bonds. The lowest BCUT2D eigenvalue weighted by Crippen LogP contribution is -2.15. The van der Waals surface area contributed by atoms with Crippen molar-refractivity contribution in [2.45, 2.75) is 33.6 Å². The molecule has 31 heavy (non-hydrogen) atoms. The van der Waals surface area contributed by atoms with E-state index >= 15 is 0 Å². The lowest BCUT2D eigenvalue weighted by Gasteiger charge is -2.16. The molecule has 7 nitrogen and oxygen atoms in total. The second-order valence-electron chi connectivity index (χ2n) is 7.00. The molecule has 0 atom stereocenters. The van der Waals surface area contributed by atoms with Crippen LogP contribution in [0, 0.1) is 6.92 Å². The average molecular weight is 424 g/mol. The summed E-state index contributed by atoms with van der Waals surface area (Å²) in [5.41, 5.74) is 2.74. The normalized spacial score (nSPS) is 10.6. The van der Waals surface area contributed by atoms with E-state index < -0.39 is 11.9 Å².